The number of carbonyl (C=O) groups is 6. The zero-order valence-electron chi connectivity index (χ0n) is 71.6. The number of fused-ring (bicyclic) bond motifs is 3. The Kier molecular flexibility index (Phi) is 34.3. The third-order valence-electron chi connectivity index (χ3n) is 20.1. The number of hydrogen-bond donors (Lipinski definition) is 2. The van der Waals surface area contributed by atoms with Gasteiger partial charge in [0.15, 0.2) is 6.23 Å². The van der Waals surface area contributed by atoms with Gasteiger partial charge in [0.2, 0.25) is 0 Å². The first-order chi connectivity index (χ1) is 55.3. The first-order valence-corrected chi connectivity index (χ1v) is 39.3. The molecule has 3 amide bonds. The van der Waals surface area contributed by atoms with Crippen molar-refractivity contribution in [2.45, 2.75) is 67.7 Å². The number of hydrogen-bond acceptors (Lipinski definition) is 22. The van der Waals surface area contributed by atoms with Crippen LogP contribution >= 0.6 is 0 Å². The molecule has 8 aromatic rings. The summed E-state index contributed by atoms with van der Waals surface area (Å²) in [6.45, 7) is 23.5. The Morgan fingerprint density at radius 1 is 0.466 bits per heavy atom. The minimum Gasteiger partial charge on any atom is -1.00 e. The van der Waals surface area contributed by atoms with Crippen LogP contribution in [0.2, 0.25) is 0 Å². The van der Waals surface area contributed by atoms with Crippen molar-refractivity contribution in [2.24, 2.45) is 0 Å². The molecule has 28 heteroatoms. The van der Waals surface area contributed by atoms with Crippen molar-refractivity contribution in [3.8, 4) is 17.2 Å². The zero-order chi connectivity index (χ0) is 83.2. The molecule has 2 aromatic heterocycles. The van der Waals surface area contributed by atoms with Gasteiger partial charge in [-0.25, -0.2) is 14.4 Å². The molecule has 0 bridgehead atoms. The number of methoxy groups -OCH3 is 3. The number of esters is 3. The second-order valence-electron chi connectivity index (χ2n) is 29.2. The van der Waals surface area contributed by atoms with E-state index in [0.29, 0.717) is 155 Å². The van der Waals surface area contributed by atoms with E-state index in [1.807, 2.05) is 122 Å². The monoisotopic (exact) mass is 1600 g/mol. The number of aryl methyl sites for hydroxylation is 3. The fourth-order valence-corrected chi connectivity index (χ4v) is 14.2. The number of H-pyrrole nitrogens is 1. The van der Waals surface area contributed by atoms with Crippen LogP contribution in [0.5, 0.6) is 17.2 Å². The Bertz CT molecular complexity index is 4840. The minimum absolute atomic E-state index is 0. The molecule has 4 aliphatic rings. The van der Waals surface area contributed by atoms with E-state index in [0.717, 1.165) is 56.5 Å². The second kappa shape index (κ2) is 43.6. The number of ether oxygens (including phenoxy) is 7. The number of pyridine rings is 2. The van der Waals surface area contributed by atoms with E-state index in [2.05, 4.69) is 47.2 Å². The van der Waals surface area contributed by atoms with Crippen LogP contribution in [0, 0.1) is 20.8 Å². The molecular formula is C88H115N12NaO15. The van der Waals surface area contributed by atoms with Crippen molar-refractivity contribution in [2.75, 3.05) is 203 Å². The normalized spacial score (nSPS) is 14.6. The fraction of sp³-hybridized carbons (Fsp3) is 0.432. The molecule has 12 rings (SSSR count). The molecule has 2 N–H and O–H groups in total. The summed E-state index contributed by atoms with van der Waals surface area (Å²) < 4.78 is 39.5. The van der Waals surface area contributed by atoms with Crippen molar-refractivity contribution in [3.05, 3.63) is 204 Å². The average Bonchev–Trinajstić information content (AvgIpc) is 0.754. The molecule has 0 saturated carbocycles. The molecule has 3 saturated heterocycles. The van der Waals surface area contributed by atoms with Gasteiger partial charge in [0.1, 0.15) is 33.9 Å². The minimum atomic E-state index is -0.645. The second-order valence-corrected chi connectivity index (χ2v) is 29.2. The van der Waals surface area contributed by atoms with E-state index in [1.165, 1.54) is 13.0 Å². The molecule has 6 heterocycles. The Hall–Kier alpha value is -10.3. The molecule has 3 fully saturated rings. The smallest absolute Gasteiger partial charge is 1.00 e. The predicted octanol–water partition coefficient (Wildman–Crippen LogP) is 7.14. The van der Waals surface area contributed by atoms with Crippen LogP contribution in [0.4, 0.5) is 17.1 Å². The van der Waals surface area contributed by atoms with Crippen LogP contribution in [-0.4, -0.2) is 274 Å². The Morgan fingerprint density at radius 3 is 1.30 bits per heavy atom. The zero-order valence-corrected chi connectivity index (χ0v) is 72.6. The fourth-order valence-electron chi connectivity index (χ4n) is 14.2. The maximum Gasteiger partial charge on any atom is 1.00 e. The van der Waals surface area contributed by atoms with Crippen LogP contribution in [0.3, 0.4) is 0 Å². The molecule has 0 aliphatic carbocycles. The molecule has 116 heavy (non-hydrogen) atoms. The van der Waals surface area contributed by atoms with Crippen molar-refractivity contribution < 1.29 is 92.9 Å². The number of rotatable bonds is 24. The third-order valence-corrected chi connectivity index (χ3v) is 20.1. The van der Waals surface area contributed by atoms with E-state index in [9.17, 15) is 38.4 Å². The maximum absolute atomic E-state index is 13.8. The number of nitrogens with zero attached hydrogens (tertiary/aromatic N) is 10. The Labute approximate surface area is 704 Å². The molecule has 27 nitrogen and oxygen atoms in total. The summed E-state index contributed by atoms with van der Waals surface area (Å²) in [5.74, 6) is 0.311. The standard InChI is InChI=1S/C29H36N4O5.C29H38N4O5.C25H27N3O5.C5H13N.Na.H/c1-6-38-29(36)25-26(23-19-20(2)7-12-24(23)33(28(25)35)18-13-30(3)4)31-14-16-32(17-15-31)27(34)21-8-10-22(37-5)11-9-21;1-6-37-29(35)25-26(23-19-20(2)7-12-24(23)30-27(25)38-18-17-31(3)4)32-13-15-33(16-14-32)28(34)21-8-10-22(36-5)11-9-21;1-4-33-25(31)21-22(19-15-16(2)5-10-20(19)26-23(21)29)27-11-13-28(14-12-27)24(30)17-6-8-18(32-3)9-7-17;1-4-5-6(2)3;;/h7-12,19H,6,13-18H2,1-5H3;7-12,19,27,30H,6,13-18H2,1-5H3;5-10,15H,4,11-14H2,1-3H3,(H,26,29);4-5H2,1-3H3;;/q;;;;+1;-1. The van der Waals surface area contributed by atoms with Gasteiger partial charge in [-0.2, -0.15) is 0 Å². The van der Waals surface area contributed by atoms with Crippen LogP contribution in [-0.2, 0) is 30.3 Å². The molecule has 0 radical (unpaired) electrons. The van der Waals surface area contributed by atoms with Crippen molar-refractivity contribution in [3.63, 3.8) is 0 Å². The topological polar surface area (TPSA) is 263 Å². The summed E-state index contributed by atoms with van der Waals surface area (Å²) in [5, 5.41) is 5.03. The summed E-state index contributed by atoms with van der Waals surface area (Å²) in [7, 11) is 16.8. The van der Waals surface area contributed by atoms with E-state index >= 15 is 0 Å². The van der Waals surface area contributed by atoms with Crippen molar-refractivity contribution >= 4 is 80.2 Å². The first-order valence-electron chi connectivity index (χ1n) is 39.3. The van der Waals surface area contributed by atoms with Gasteiger partial charge in [0, 0.05) is 137 Å². The number of anilines is 3. The van der Waals surface area contributed by atoms with Crippen LogP contribution in [0.15, 0.2) is 143 Å². The number of likely N-dealkylation sites (N-methyl/N-ethyl adjacent to an activating group) is 2. The van der Waals surface area contributed by atoms with Gasteiger partial charge >= 0.3 is 47.5 Å². The summed E-state index contributed by atoms with van der Waals surface area (Å²) in [5.41, 5.74) is 9.89. The van der Waals surface area contributed by atoms with Crippen molar-refractivity contribution in [1.29, 1.82) is 0 Å². The van der Waals surface area contributed by atoms with Crippen LogP contribution < -0.4 is 70.0 Å². The van der Waals surface area contributed by atoms with E-state index in [4.69, 9.17) is 33.2 Å². The van der Waals surface area contributed by atoms with Crippen LogP contribution in [0.1, 0.15) is 110 Å². The summed E-state index contributed by atoms with van der Waals surface area (Å²) >= 11 is 0. The van der Waals surface area contributed by atoms with Gasteiger partial charge in [-0.3, -0.25) is 24.0 Å². The van der Waals surface area contributed by atoms with E-state index in [1.54, 1.807) is 129 Å². The maximum atomic E-state index is 13.8. The number of aromatic nitrogens is 2. The van der Waals surface area contributed by atoms with Gasteiger partial charge in [0.25, 0.3) is 28.8 Å². The quantitative estimate of drug-likeness (QED) is 0.0346. The first kappa shape index (κ1) is 91.3. The number of carbonyl (C=O) groups excluding carboxylic acids is 6. The molecule has 6 aromatic carbocycles. The van der Waals surface area contributed by atoms with Crippen molar-refractivity contribution in [1.82, 2.24) is 43.9 Å². The average molecular weight is 1600 g/mol. The molecule has 0 spiro atoms. The van der Waals surface area contributed by atoms with E-state index in [-0.39, 0.29) is 85.2 Å². The van der Waals surface area contributed by atoms with Gasteiger partial charge in [0.05, 0.1) is 75.9 Å². The number of aromatic amines is 1. The Morgan fingerprint density at radius 2 is 0.871 bits per heavy atom. The Balaban J connectivity index is 0.000000232. The summed E-state index contributed by atoms with van der Waals surface area (Å²) in [4.78, 5) is 126. The van der Waals surface area contributed by atoms with Gasteiger partial charge in [-0.15, -0.1) is 0 Å². The molecule has 4 aliphatic heterocycles. The number of amides is 3. The number of piperazine rings is 3. The van der Waals surface area contributed by atoms with Gasteiger partial charge in [-0.05, 0) is 206 Å². The van der Waals surface area contributed by atoms with Crippen LogP contribution in [0.25, 0.3) is 27.5 Å². The predicted molar refractivity (Wildman–Crippen MR) is 452 cm³/mol. The third kappa shape index (κ3) is 23.1. The largest absolute Gasteiger partial charge is 1.00 e. The van der Waals surface area contributed by atoms with E-state index < -0.39 is 29.7 Å². The molecule has 1 atom stereocenters. The number of nitrogens with one attached hydrogen (secondary N) is 2. The number of benzene rings is 6. The molecule has 1 unspecified atom stereocenters. The van der Waals surface area contributed by atoms with Gasteiger partial charge in [-0.1, -0.05) is 41.8 Å². The molecule has 618 valence electrons. The summed E-state index contributed by atoms with van der Waals surface area (Å²) in [6, 6.07) is 39.1. The molecular weight excluding hydrogens is 1490 g/mol. The van der Waals surface area contributed by atoms with Gasteiger partial charge < -0.3 is 93.6 Å². The summed E-state index contributed by atoms with van der Waals surface area (Å²) in [6.07, 6.45) is 0.616. The SMILES string of the molecule is CCCN(C)C.CCOC(=O)C1=C(N2CCN(C(=O)c3ccc(OC)cc3)CC2)c2cc(C)ccc2NC1OCCN(C)C.CCOC(=O)c1c(N2CCN(C(=O)c3ccc(OC)cc3)CC2)c2cc(C)ccc2[nH]c1=O.CCOC(=O)c1c(N2CCN(C(=O)c3ccc(OC)cc3)CC2)c2cc(C)ccc2n(CCN(C)C)c1=O.[H-].[Na+].